The number of nitrogens with zero attached hydrogens (tertiary/aromatic N) is 2. The molecule has 0 amide bonds. The van der Waals surface area contributed by atoms with Gasteiger partial charge in [0.25, 0.3) is 5.56 Å². The van der Waals surface area contributed by atoms with Crippen molar-refractivity contribution in [3.8, 4) is 0 Å². The Bertz CT molecular complexity index is 858. The summed E-state index contributed by atoms with van der Waals surface area (Å²) in [5.74, 6) is 0.635. The summed E-state index contributed by atoms with van der Waals surface area (Å²) < 4.78 is 2.79. The van der Waals surface area contributed by atoms with E-state index in [0.29, 0.717) is 11.5 Å². The quantitative estimate of drug-likeness (QED) is 0.642. The number of aryl methyl sites for hydroxylation is 1. The molecule has 3 aromatic rings. The van der Waals surface area contributed by atoms with Crippen LogP contribution in [0.5, 0.6) is 0 Å². The van der Waals surface area contributed by atoms with Gasteiger partial charge in [0.15, 0.2) is 0 Å². The Labute approximate surface area is 148 Å². The topological polar surface area (TPSA) is 46.4 Å². The molecule has 118 valence electrons. The Morgan fingerprint density at radius 1 is 1.22 bits per heavy atom. The first-order valence-corrected chi connectivity index (χ1v) is 8.69. The molecule has 3 rings (SSSR count). The highest BCUT2D eigenvalue weighted by Gasteiger charge is 2.06. The molecule has 4 nitrogen and oxygen atoms in total. The lowest BCUT2D eigenvalue weighted by Crippen LogP contribution is -2.21. The number of rotatable bonds is 5. The first-order valence-electron chi connectivity index (χ1n) is 7.61. The lowest BCUT2D eigenvalue weighted by Gasteiger charge is -2.15. The number of anilines is 1. The predicted octanol–water partition coefficient (Wildman–Crippen LogP) is 3.73. The molecule has 1 unspecified atom stereocenters. The molecule has 5 heteroatoms. The van der Waals surface area contributed by atoms with E-state index in [2.05, 4.69) is 64.1 Å². The van der Waals surface area contributed by atoms with Crippen molar-refractivity contribution in [3.05, 3.63) is 74.2 Å². The molecular formula is C18H18IN3O. The summed E-state index contributed by atoms with van der Waals surface area (Å²) in [5.41, 5.74) is 1.92. The Morgan fingerprint density at radius 2 is 2.00 bits per heavy atom. The number of hydrogen-bond acceptors (Lipinski definition) is 3. The molecular weight excluding hydrogens is 401 g/mol. The summed E-state index contributed by atoms with van der Waals surface area (Å²) >= 11 is 2.31. The van der Waals surface area contributed by atoms with E-state index in [1.807, 2.05) is 18.2 Å². The minimum atomic E-state index is -0.0667. The van der Waals surface area contributed by atoms with E-state index in [1.54, 1.807) is 16.7 Å². The number of nitrogens with one attached hydrogen (secondary N) is 1. The van der Waals surface area contributed by atoms with Crippen LogP contribution in [0.3, 0.4) is 0 Å². The van der Waals surface area contributed by atoms with E-state index < -0.39 is 0 Å². The Kier molecular flexibility index (Phi) is 4.95. The van der Waals surface area contributed by atoms with Gasteiger partial charge >= 0.3 is 0 Å². The molecule has 1 atom stereocenters. The van der Waals surface area contributed by atoms with Crippen molar-refractivity contribution in [1.82, 2.24) is 9.38 Å². The van der Waals surface area contributed by atoms with Gasteiger partial charge in [0.05, 0.1) is 0 Å². The van der Waals surface area contributed by atoms with Gasteiger partial charge in [0.1, 0.15) is 11.5 Å². The van der Waals surface area contributed by atoms with E-state index in [-0.39, 0.29) is 11.6 Å². The molecule has 0 aliphatic rings. The first-order chi connectivity index (χ1) is 11.1. The number of aromatic nitrogens is 2. The van der Waals surface area contributed by atoms with Crippen LogP contribution in [-0.4, -0.2) is 15.4 Å². The number of hydrogen-bond donors (Lipinski definition) is 1. The van der Waals surface area contributed by atoms with Gasteiger partial charge in [-0.05, 0) is 72.2 Å². The average Bonchev–Trinajstić information content (AvgIpc) is 2.54. The summed E-state index contributed by atoms with van der Waals surface area (Å²) in [4.78, 5) is 16.6. The van der Waals surface area contributed by atoms with Crippen LogP contribution < -0.4 is 10.9 Å². The Balaban J connectivity index is 1.66. The summed E-state index contributed by atoms with van der Waals surface area (Å²) in [6, 6.07) is 15.9. The molecule has 0 aliphatic carbocycles. The van der Waals surface area contributed by atoms with Crippen LogP contribution in [0.1, 0.15) is 18.9 Å². The van der Waals surface area contributed by atoms with Crippen LogP contribution in [0, 0.1) is 3.57 Å². The molecule has 0 saturated carbocycles. The molecule has 1 N–H and O–H groups in total. The highest BCUT2D eigenvalue weighted by molar-refractivity contribution is 14.1. The van der Waals surface area contributed by atoms with E-state index in [0.717, 1.165) is 12.8 Å². The van der Waals surface area contributed by atoms with Crippen LogP contribution in [0.15, 0.2) is 59.5 Å². The van der Waals surface area contributed by atoms with Crippen molar-refractivity contribution in [2.75, 3.05) is 5.32 Å². The van der Waals surface area contributed by atoms with Gasteiger partial charge in [-0.2, -0.15) is 0 Å². The number of fused-ring (bicyclic) bond motifs is 1. The lowest BCUT2D eigenvalue weighted by molar-refractivity contribution is 0.702. The third-order valence-electron chi connectivity index (χ3n) is 3.74. The van der Waals surface area contributed by atoms with Crippen LogP contribution in [0.25, 0.3) is 5.65 Å². The van der Waals surface area contributed by atoms with Gasteiger partial charge in [-0.15, -0.1) is 0 Å². The lowest BCUT2D eigenvalue weighted by atomic mass is 10.1. The highest BCUT2D eigenvalue weighted by atomic mass is 127. The van der Waals surface area contributed by atoms with Crippen molar-refractivity contribution in [1.29, 1.82) is 0 Å². The Morgan fingerprint density at radius 3 is 2.78 bits per heavy atom. The highest BCUT2D eigenvalue weighted by Crippen LogP contribution is 2.12. The monoisotopic (exact) mass is 419 g/mol. The van der Waals surface area contributed by atoms with Crippen molar-refractivity contribution in [2.45, 2.75) is 25.8 Å². The predicted molar refractivity (Wildman–Crippen MR) is 102 cm³/mol. The van der Waals surface area contributed by atoms with Gasteiger partial charge in [-0.3, -0.25) is 9.20 Å². The molecule has 2 heterocycles. The van der Waals surface area contributed by atoms with Gasteiger partial charge in [-0.1, -0.05) is 18.2 Å². The summed E-state index contributed by atoms with van der Waals surface area (Å²) in [6.07, 6.45) is 3.71. The molecule has 0 fully saturated rings. The van der Waals surface area contributed by atoms with Crippen molar-refractivity contribution in [3.63, 3.8) is 0 Å². The number of halogens is 1. The first kappa shape index (κ1) is 16.0. The molecule has 0 spiro atoms. The molecule has 0 bridgehead atoms. The van der Waals surface area contributed by atoms with E-state index >= 15 is 0 Å². The molecule has 2 aromatic heterocycles. The second kappa shape index (κ2) is 7.12. The molecule has 0 saturated heterocycles. The largest absolute Gasteiger partial charge is 0.367 e. The zero-order chi connectivity index (χ0) is 16.2. The smallest absolute Gasteiger partial charge is 0.259 e. The third kappa shape index (κ3) is 4.10. The van der Waals surface area contributed by atoms with Gasteiger partial charge < -0.3 is 5.32 Å². The van der Waals surface area contributed by atoms with E-state index in [1.165, 1.54) is 9.13 Å². The maximum Gasteiger partial charge on any atom is 0.259 e. The molecule has 0 radical (unpaired) electrons. The normalized spacial score (nSPS) is 12.3. The summed E-state index contributed by atoms with van der Waals surface area (Å²) in [6.45, 7) is 2.11. The van der Waals surface area contributed by atoms with E-state index in [9.17, 15) is 4.79 Å². The maximum atomic E-state index is 12.1. The second-order valence-electron chi connectivity index (χ2n) is 5.62. The van der Waals surface area contributed by atoms with Crippen molar-refractivity contribution >= 4 is 34.1 Å². The zero-order valence-corrected chi connectivity index (χ0v) is 15.0. The number of benzene rings is 1. The van der Waals surface area contributed by atoms with Crippen LogP contribution >= 0.6 is 22.6 Å². The minimum Gasteiger partial charge on any atom is -0.367 e. The van der Waals surface area contributed by atoms with Gasteiger partial charge in [0.2, 0.25) is 0 Å². The standard InChI is InChI=1S/C18H18IN3O/c1-13(5-6-14-7-9-15(19)10-8-14)20-16-12-18(23)22-11-3-2-4-17(22)21-16/h2-4,7-13,20H,5-6H2,1H3. The minimum absolute atomic E-state index is 0.0667. The van der Waals surface area contributed by atoms with Gasteiger partial charge in [-0.25, -0.2) is 4.98 Å². The summed E-state index contributed by atoms with van der Waals surface area (Å²) in [7, 11) is 0. The fourth-order valence-corrected chi connectivity index (χ4v) is 2.85. The van der Waals surface area contributed by atoms with Crippen molar-refractivity contribution in [2.24, 2.45) is 0 Å². The fraction of sp³-hybridized carbons (Fsp3) is 0.222. The average molecular weight is 419 g/mol. The van der Waals surface area contributed by atoms with Crippen LogP contribution in [0.4, 0.5) is 5.82 Å². The SMILES string of the molecule is CC(CCc1ccc(I)cc1)Nc1cc(=O)n2ccccc2n1. The van der Waals surface area contributed by atoms with E-state index in [4.69, 9.17) is 0 Å². The van der Waals surface area contributed by atoms with Crippen LogP contribution in [0.2, 0.25) is 0 Å². The maximum absolute atomic E-state index is 12.1. The zero-order valence-electron chi connectivity index (χ0n) is 12.9. The van der Waals surface area contributed by atoms with Crippen molar-refractivity contribution < 1.29 is 0 Å². The third-order valence-corrected chi connectivity index (χ3v) is 4.46. The Hall–Kier alpha value is -1.89. The molecule has 0 aliphatic heterocycles. The fourth-order valence-electron chi connectivity index (χ4n) is 2.49. The molecule has 23 heavy (non-hydrogen) atoms. The van der Waals surface area contributed by atoms with Gasteiger partial charge in [0, 0.05) is 21.9 Å². The van der Waals surface area contributed by atoms with Crippen LogP contribution in [-0.2, 0) is 6.42 Å². The summed E-state index contributed by atoms with van der Waals surface area (Å²) in [5, 5.41) is 3.33. The number of pyridine rings is 1. The molecule has 1 aromatic carbocycles. The second-order valence-corrected chi connectivity index (χ2v) is 6.86.